The summed E-state index contributed by atoms with van der Waals surface area (Å²) in [6.45, 7) is 2.51. The van der Waals surface area contributed by atoms with Crippen molar-refractivity contribution in [3.63, 3.8) is 0 Å². The maximum Gasteiger partial charge on any atom is 0.193 e. The van der Waals surface area contributed by atoms with Crippen LogP contribution in [-0.4, -0.2) is 12.4 Å². The second-order valence-corrected chi connectivity index (χ2v) is 4.73. The molecule has 0 aliphatic heterocycles. The molecule has 0 amide bonds. The van der Waals surface area contributed by atoms with Crippen LogP contribution in [0.5, 0.6) is 5.75 Å². The van der Waals surface area contributed by atoms with Gasteiger partial charge in [-0.3, -0.25) is 4.79 Å². The van der Waals surface area contributed by atoms with Gasteiger partial charge in [0.05, 0.1) is 16.7 Å². The SMILES string of the molecule is CCOc1ccc(C(=O)c2ccc(Cl)c(Cl)c2)cc1. The fraction of sp³-hybridized carbons (Fsp3) is 0.133. The van der Waals surface area contributed by atoms with E-state index in [0.29, 0.717) is 27.8 Å². The first-order valence-electron chi connectivity index (χ1n) is 5.84. The fourth-order valence-electron chi connectivity index (χ4n) is 1.67. The molecule has 0 aromatic heterocycles. The van der Waals surface area contributed by atoms with E-state index in [1.807, 2.05) is 6.92 Å². The molecule has 2 rings (SSSR count). The smallest absolute Gasteiger partial charge is 0.193 e. The molecular weight excluding hydrogens is 283 g/mol. The van der Waals surface area contributed by atoms with Crippen LogP contribution in [0.3, 0.4) is 0 Å². The average molecular weight is 295 g/mol. The zero-order chi connectivity index (χ0) is 13.8. The van der Waals surface area contributed by atoms with Crippen molar-refractivity contribution in [1.29, 1.82) is 0 Å². The Labute approximate surface area is 121 Å². The van der Waals surface area contributed by atoms with Crippen molar-refractivity contribution < 1.29 is 9.53 Å². The first kappa shape index (κ1) is 13.9. The highest BCUT2D eigenvalue weighted by atomic mass is 35.5. The van der Waals surface area contributed by atoms with E-state index < -0.39 is 0 Å². The summed E-state index contributed by atoms with van der Waals surface area (Å²) in [6.07, 6.45) is 0. The molecule has 0 atom stereocenters. The summed E-state index contributed by atoms with van der Waals surface area (Å²) in [5.41, 5.74) is 1.10. The lowest BCUT2D eigenvalue weighted by Gasteiger charge is -2.05. The number of ketones is 1. The van der Waals surface area contributed by atoms with Crippen LogP contribution < -0.4 is 4.74 Å². The third-order valence-corrected chi connectivity index (χ3v) is 3.35. The molecule has 0 heterocycles. The minimum Gasteiger partial charge on any atom is -0.494 e. The van der Waals surface area contributed by atoms with Gasteiger partial charge in [0.25, 0.3) is 0 Å². The second kappa shape index (κ2) is 6.09. The van der Waals surface area contributed by atoms with E-state index in [-0.39, 0.29) is 5.78 Å². The number of carbonyl (C=O) groups is 1. The molecule has 19 heavy (non-hydrogen) atoms. The number of hydrogen-bond donors (Lipinski definition) is 0. The molecule has 0 bridgehead atoms. The Morgan fingerprint density at radius 3 is 2.21 bits per heavy atom. The van der Waals surface area contributed by atoms with Gasteiger partial charge in [-0.2, -0.15) is 0 Å². The highest BCUT2D eigenvalue weighted by molar-refractivity contribution is 6.42. The molecule has 0 saturated carbocycles. The predicted octanol–water partition coefficient (Wildman–Crippen LogP) is 4.62. The van der Waals surface area contributed by atoms with Gasteiger partial charge in [-0.1, -0.05) is 23.2 Å². The Kier molecular flexibility index (Phi) is 4.46. The number of hydrogen-bond acceptors (Lipinski definition) is 2. The first-order chi connectivity index (χ1) is 9.11. The van der Waals surface area contributed by atoms with Gasteiger partial charge in [0.15, 0.2) is 5.78 Å². The van der Waals surface area contributed by atoms with Gasteiger partial charge >= 0.3 is 0 Å². The van der Waals surface area contributed by atoms with Crippen LogP contribution in [0, 0.1) is 0 Å². The quantitative estimate of drug-likeness (QED) is 0.769. The number of benzene rings is 2. The highest BCUT2D eigenvalue weighted by Gasteiger charge is 2.10. The van der Waals surface area contributed by atoms with Crippen LogP contribution >= 0.6 is 23.2 Å². The molecule has 0 radical (unpaired) electrons. The van der Waals surface area contributed by atoms with Crippen LogP contribution in [0.25, 0.3) is 0 Å². The molecule has 0 fully saturated rings. The van der Waals surface area contributed by atoms with Crippen molar-refractivity contribution in [3.8, 4) is 5.75 Å². The molecule has 2 aromatic rings. The van der Waals surface area contributed by atoms with Crippen LogP contribution in [0.4, 0.5) is 0 Å². The summed E-state index contributed by atoms with van der Waals surface area (Å²) in [6, 6.07) is 11.9. The zero-order valence-electron chi connectivity index (χ0n) is 10.3. The predicted molar refractivity (Wildman–Crippen MR) is 77.5 cm³/mol. The Bertz CT molecular complexity index is 592. The van der Waals surface area contributed by atoms with Crippen molar-refractivity contribution in [3.05, 3.63) is 63.6 Å². The molecule has 0 aliphatic rings. The maximum atomic E-state index is 12.2. The van der Waals surface area contributed by atoms with E-state index in [0.717, 1.165) is 5.75 Å². The minimum absolute atomic E-state index is 0.0957. The Hall–Kier alpha value is -1.51. The van der Waals surface area contributed by atoms with Crippen molar-refractivity contribution in [1.82, 2.24) is 0 Å². The lowest BCUT2D eigenvalue weighted by molar-refractivity contribution is 0.103. The first-order valence-corrected chi connectivity index (χ1v) is 6.60. The van der Waals surface area contributed by atoms with Gasteiger partial charge in [0.2, 0.25) is 0 Å². The molecule has 0 aliphatic carbocycles. The summed E-state index contributed by atoms with van der Waals surface area (Å²) in [4.78, 5) is 12.2. The van der Waals surface area contributed by atoms with Gasteiger partial charge in [-0.05, 0) is 49.4 Å². The van der Waals surface area contributed by atoms with Gasteiger partial charge < -0.3 is 4.74 Å². The van der Waals surface area contributed by atoms with Crippen LogP contribution in [0.15, 0.2) is 42.5 Å². The van der Waals surface area contributed by atoms with Gasteiger partial charge in [0, 0.05) is 11.1 Å². The van der Waals surface area contributed by atoms with Crippen molar-refractivity contribution >= 4 is 29.0 Å². The largest absolute Gasteiger partial charge is 0.494 e. The number of ether oxygens (including phenoxy) is 1. The van der Waals surface area contributed by atoms with Crippen LogP contribution in [-0.2, 0) is 0 Å². The standard InChI is InChI=1S/C15H12Cl2O2/c1-2-19-12-6-3-10(4-7-12)15(18)11-5-8-13(16)14(17)9-11/h3-9H,2H2,1H3. The van der Waals surface area contributed by atoms with Crippen molar-refractivity contribution in [2.24, 2.45) is 0 Å². The van der Waals surface area contributed by atoms with Crippen molar-refractivity contribution in [2.75, 3.05) is 6.61 Å². The topological polar surface area (TPSA) is 26.3 Å². The minimum atomic E-state index is -0.0957. The normalized spacial score (nSPS) is 10.3. The molecular formula is C15H12Cl2O2. The molecule has 0 unspecified atom stereocenters. The molecule has 98 valence electrons. The fourth-order valence-corrected chi connectivity index (χ4v) is 1.97. The molecule has 2 nitrogen and oxygen atoms in total. The van der Waals surface area contributed by atoms with Crippen LogP contribution in [0.2, 0.25) is 10.0 Å². The Morgan fingerprint density at radius 2 is 1.63 bits per heavy atom. The third kappa shape index (κ3) is 3.28. The monoisotopic (exact) mass is 294 g/mol. The second-order valence-electron chi connectivity index (χ2n) is 3.92. The van der Waals surface area contributed by atoms with E-state index in [4.69, 9.17) is 27.9 Å². The zero-order valence-corrected chi connectivity index (χ0v) is 11.8. The van der Waals surface area contributed by atoms with Gasteiger partial charge in [0.1, 0.15) is 5.75 Å². The molecule has 0 N–H and O–H groups in total. The van der Waals surface area contributed by atoms with Gasteiger partial charge in [-0.15, -0.1) is 0 Å². The van der Waals surface area contributed by atoms with E-state index in [1.54, 1.807) is 42.5 Å². The highest BCUT2D eigenvalue weighted by Crippen LogP contribution is 2.24. The third-order valence-electron chi connectivity index (χ3n) is 2.61. The summed E-state index contributed by atoms with van der Waals surface area (Å²) in [7, 11) is 0. The maximum absolute atomic E-state index is 12.2. The summed E-state index contributed by atoms with van der Waals surface area (Å²) < 4.78 is 5.33. The number of rotatable bonds is 4. The Balaban J connectivity index is 2.25. The average Bonchev–Trinajstić information content (AvgIpc) is 2.42. The van der Waals surface area contributed by atoms with E-state index in [1.165, 1.54) is 0 Å². The summed E-state index contributed by atoms with van der Waals surface area (Å²) in [5, 5.41) is 0.809. The Morgan fingerprint density at radius 1 is 1.00 bits per heavy atom. The molecule has 0 spiro atoms. The van der Waals surface area contributed by atoms with Gasteiger partial charge in [-0.25, -0.2) is 0 Å². The lowest BCUT2D eigenvalue weighted by atomic mass is 10.0. The number of carbonyl (C=O) groups excluding carboxylic acids is 1. The summed E-state index contributed by atoms with van der Waals surface area (Å²) >= 11 is 11.7. The van der Waals surface area contributed by atoms with E-state index >= 15 is 0 Å². The summed E-state index contributed by atoms with van der Waals surface area (Å²) in [5.74, 6) is 0.648. The molecule has 0 saturated heterocycles. The van der Waals surface area contributed by atoms with Crippen LogP contribution in [0.1, 0.15) is 22.8 Å². The van der Waals surface area contributed by atoms with Crippen molar-refractivity contribution in [2.45, 2.75) is 6.92 Å². The lowest BCUT2D eigenvalue weighted by Crippen LogP contribution is -2.01. The van der Waals surface area contributed by atoms with E-state index in [2.05, 4.69) is 0 Å². The number of halogens is 2. The van der Waals surface area contributed by atoms with E-state index in [9.17, 15) is 4.79 Å². The molecule has 4 heteroatoms. The molecule has 2 aromatic carbocycles.